The molecule has 0 spiro atoms. The second-order valence-electron chi connectivity index (χ2n) is 6.79. The normalized spacial score (nSPS) is 13.8. The third-order valence-electron chi connectivity index (χ3n) is 4.36. The smallest absolute Gasteiger partial charge is 0.269 e. The first-order chi connectivity index (χ1) is 13.4. The number of unbranched alkanes of at least 4 members (excludes halogenated alkanes) is 1. The van der Waals surface area contributed by atoms with Crippen molar-refractivity contribution in [3.8, 4) is 0 Å². The predicted octanol–water partition coefficient (Wildman–Crippen LogP) is 3.44. The van der Waals surface area contributed by atoms with Crippen molar-refractivity contribution in [2.24, 2.45) is 4.99 Å². The van der Waals surface area contributed by atoms with E-state index < -0.39 is 5.60 Å². The Kier molecular flexibility index (Phi) is 8.41. The first-order valence-corrected chi connectivity index (χ1v) is 10.4. The van der Waals surface area contributed by atoms with Crippen LogP contribution in [0, 0.1) is 10.1 Å². The maximum Gasteiger partial charge on any atom is 0.269 e. The summed E-state index contributed by atoms with van der Waals surface area (Å²) in [5.74, 6) is 0.688. The van der Waals surface area contributed by atoms with Crippen LogP contribution in [-0.4, -0.2) is 35.6 Å². The highest BCUT2D eigenvalue weighted by Gasteiger charge is 2.23. The summed E-state index contributed by atoms with van der Waals surface area (Å²) in [6, 6.07) is 8.62. The molecule has 1 atom stereocenters. The highest BCUT2D eigenvalue weighted by atomic mass is 32.1. The van der Waals surface area contributed by atoms with E-state index in [4.69, 9.17) is 0 Å². The van der Waals surface area contributed by atoms with Gasteiger partial charge >= 0.3 is 0 Å². The maximum absolute atomic E-state index is 10.7. The number of nitro benzene ring substituents is 1. The molecule has 1 heterocycles. The molecule has 0 aliphatic heterocycles. The minimum atomic E-state index is -0.988. The Morgan fingerprint density at radius 2 is 2.00 bits per heavy atom. The van der Waals surface area contributed by atoms with Crippen LogP contribution in [0.15, 0.2) is 46.1 Å². The molecule has 1 aromatic carbocycles. The fraction of sp³-hybridized carbons (Fsp3) is 0.450. The van der Waals surface area contributed by atoms with Gasteiger partial charge in [-0.3, -0.25) is 10.1 Å². The summed E-state index contributed by atoms with van der Waals surface area (Å²) in [5, 5.41) is 31.6. The van der Waals surface area contributed by atoms with Gasteiger partial charge in [-0.15, -0.1) is 0 Å². The van der Waals surface area contributed by atoms with E-state index in [1.54, 1.807) is 30.4 Å². The second-order valence-corrected chi connectivity index (χ2v) is 7.57. The van der Waals surface area contributed by atoms with Gasteiger partial charge in [-0.25, -0.2) is 4.99 Å². The van der Waals surface area contributed by atoms with Crippen molar-refractivity contribution < 1.29 is 10.0 Å². The number of rotatable bonds is 10. The van der Waals surface area contributed by atoms with Crippen molar-refractivity contribution in [3.63, 3.8) is 0 Å². The van der Waals surface area contributed by atoms with Crippen molar-refractivity contribution in [3.05, 3.63) is 62.3 Å². The van der Waals surface area contributed by atoms with Crippen LogP contribution in [0.4, 0.5) is 5.69 Å². The van der Waals surface area contributed by atoms with Crippen molar-refractivity contribution >= 4 is 23.0 Å². The van der Waals surface area contributed by atoms with E-state index in [1.165, 1.54) is 0 Å². The fourth-order valence-corrected chi connectivity index (χ4v) is 3.47. The molecule has 7 nitrogen and oxygen atoms in total. The molecule has 0 bridgehead atoms. The number of hydrogen-bond donors (Lipinski definition) is 3. The highest BCUT2D eigenvalue weighted by molar-refractivity contribution is 7.08. The van der Waals surface area contributed by atoms with Gasteiger partial charge in [0.15, 0.2) is 5.96 Å². The Morgan fingerprint density at radius 3 is 2.61 bits per heavy atom. The average molecular weight is 405 g/mol. The monoisotopic (exact) mass is 404 g/mol. The third-order valence-corrected chi connectivity index (χ3v) is 5.05. The lowest BCUT2D eigenvalue weighted by molar-refractivity contribution is -0.384. The summed E-state index contributed by atoms with van der Waals surface area (Å²) in [7, 11) is 0. The molecule has 152 valence electrons. The summed E-state index contributed by atoms with van der Waals surface area (Å²) in [4.78, 5) is 14.8. The number of non-ortho nitro benzene ring substituents is 1. The lowest BCUT2D eigenvalue weighted by Crippen LogP contribution is -2.39. The molecular weight excluding hydrogens is 376 g/mol. The number of guanidine groups is 1. The standard InChI is InChI=1S/C20H28N4O3S/c1-3-21-19(23-15-20(2,25)17-11-13-28-14-17)22-12-5-4-6-16-7-9-18(10-8-16)24(26)27/h7-11,13-14,25H,3-6,12,15H2,1-2H3,(H2,21,22,23). The molecule has 0 saturated heterocycles. The van der Waals surface area contributed by atoms with Gasteiger partial charge in [0.25, 0.3) is 5.69 Å². The minimum Gasteiger partial charge on any atom is -0.383 e. The van der Waals surface area contributed by atoms with E-state index in [2.05, 4.69) is 15.6 Å². The molecule has 2 rings (SSSR count). The summed E-state index contributed by atoms with van der Waals surface area (Å²) >= 11 is 1.56. The lowest BCUT2D eigenvalue weighted by atomic mass is 10.00. The molecule has 1 aromatic heterocycles. The molecule has 1 unspecified atom stereocenters. The number of nitrogens with zero attached hydrogens (tertiary/aromatic N) is 2. The van der Waals surface area contributed by atoms with E-state index in [0.29, 0.717) is 5.96 Å². The molecule has 0 aliphatic rings. The molecule has 0 aliphatic carbocycles. The Balaban J connectivity index is 1.75. The summed E-state index contributed by atoms with van der Waals surface area (Å²) in [6.45, 7) is 5.56. The zero-order valence-electron chi connectivity index (χ0n) is 16.4. The second kappa shape index (κ2) is 10.8. The molecule has 3 N–H and O–H groups in total. The number of hydrogen-bond acceptors (Lipinski definition) is 5. The zero-order valence-corrected chi connectivity index (χ0v) is 17.2. The molecular formula is C20H28N4O3S. The maximum atomic E-state index is 10.7. The van der Waals surface area contributed by atoms with Crippen molar-refractivity contribution in [1.82, 2.24) is 10.6 Å². The van der Waals surface area contributed by atoms with Crippen LogP contribution < -0.4 is 10.6 Å². The zero-order chi connectivity index (χ0) is 20.4. The van der Waals surface area contributed by atoms with Crippen LogP contribution in [0.25, 0.3) is 0 Å². The molecule has 0 amide bonds. The van der Waals surface area contributed by atoms with Gasteiger partial charge in [-0.05, 0) is 61.1 Å². The number of aryl methyl sites for hydroxylation is 1. The van der Waals surface area contributed by atoms with E-state index in [1.807, 2.05) is 35.9 Å². The minimum absolute atomic E-state index is 0.121. The predicted molar refractivity (Wildman–Crippen MR) is 114 cm³/mol. The molecule has 0 radical (unpaired) electrons. The molecule has 0 saturated carbocycles. The number of aliphatic hydroxyl groups is 1. The van der Waals surface area contributed by atoms with Gasteiger partial charge in [-0.2, -0.15) is 11.3 Å². The number of benzene rings is 1. The topological polar surface area (TPSA) is 99.8 Å². The van der Waals surface area contributed by atoms with Crippen LogP contribution in [0.5, 0.6) is 0 Å². The molecule has 8 heteroatoms. The SMILES string of the molecule is CCNC(=NCC(C)(O)c1ccsc1)NCCCCc1ccc([N+](=O)[O-])cc1. The largest absolute Gasteiger partial charge is 0.383 e. The van der Waals surface area contributed by atoms with Gasteiger partial charge in [-0.1, -0.05) is 12.1 Å². The fourth-order valence-electron chi connectivity index (χ4n) is 2.68. The summed E-state index contributed by atoms with van der Waals surface area (Å²) in [6.07, 6.45) is 2.79. The van der Waals surface area contributed by atoms with Gasteiger partial charge in [0.1, 0.15) is 5.60 Å². The number of aliphatic imine (C=N–C) groups is 1. The van der Waals surface area contributed by atoms with E-state index in [0.717, 1.165) is 43.5 Å². The Hall–Kier alpha value is -2.45. The van der Waals surface area contributed by atoms with Gasteiger partial charge in [0.2, 0.25) is 0 Å². The van der Waals surface area contributed by atoms with Crippen LogP contribution in [0.2, 0.25) is 0 Å². The quantitative estimate of drug-likeness (QED) is 0.185. The average Bonchev–Trinajstić information content (AvgIpc) is 3.22. The summed E-state index contributed by atoms with van der Waals surface area (Å²) in [5.41, 5.74) is 1.10. The van der Waals surface area contributed by atoms with Crippen LogP contribution in [-0.2, 0) is 12.0 Å². The van der Waals surface area contributed by atoms with Crippen LogP contribution in [0.3, 0.4) is 0 Å². The molecule has 28 heavy (non-hydrogen) atoms. The highest BCUT2D eigenvalue weighted by Crippen LogP contribution is 2.23. The van der Waals surface area contributed by atoms with Crippen molar-refractivity contribution in [2.45, 2.75) is 38.7 Å². The van der Waals surface area contributed by atoms with Gasteiger partial charge in [0, 0.05) is 25.2 Å². The van der Waals surface area contributed by atoms with Crippen LogP contribution in [0.1, 0.15) is 37.8 Å². The Labute approximate surface area is 169 Å². The first-order valence-electron chi connectivity index (χ1n) is 9.43. The van der Waals surface area contributed by atoms with Crippen molar-refractivity contribution in [2.75, 3.05) is 19.6 Å². The van der Waals surface area contributed by atoms with E-state index in [-0.39, 0.29) is 17.2 Å². The van der Waals surface area contributed by atoms with Crippen molar-refractivity contribution in [1.29, 1.82) is 0 Å². The molecule has 0 fully saturated rings. The number of nitro groups is 1. The van der Waals surface area contributed by atoms with Gasteiger partial charge in [0.05, 0.1) is 11.5 Å². The van der Waals surface area contributed by atoms with E-state index in [9.17, 15) is 15.2 Å². The van der Waals surface area contributed by atoms with Gasteiger partial charge < -0.3 is 15.7 Å². The molecule has 2 aromatic rings. The summed E-state index contributed by atoms with van der Waals surface area (Å²) < 4.78 is 0. The third kappa shape index (κ3) is 6.94. The Bertz CT molecular complexity index is 758. The lowest BCUT2D eigenvalue weighted by Gasteiger charge is -2.21. The van der Waals surface area contributed by atoms with E-state index >= 15 is 0 Å². The van der Waals surface area contributed by atoms with Crippen LogP contribution >= 0.6 is 11.3 Å². The number of nitrogens with one attached hydrogen (secondary N) is 2. The number of thiophene rings is 1. The first kappa shape index (κ1) is 21.8. The Morgan fingerprint density at radius 1 is 1.25 bits per heavy atom.